The normalized spacial score (nSPS) is 11.9. The second-order valence-corrected chi connectivity index (χ2v) is 6.48. The summed E-state index contributed by atoms with van der Waals surface area (Å²) in [5.41, 5.74) is 2.90. The highest BCUT2D eigenvalue weighted by molar-refractivity contribution is 5.98. The van der Waals surface area contributed by atoms with Crippen molar-refractivity contribution in [3.63, 3.8) is 0 Å². The maximum atomic E-state index is 12.8. The van der Waals surface area contributed by atoms with Crippen molar-refractivity contribution >= 4 is 21.9 Å². The molecule has 2 aromatic heterocycles. The number of aliphatic hydroxyl groups excluding tert-OH is 1. The fourth-order valence-electron chi connectivity index (χ4n) is 3.48. The number of aliphatic hydroxyl groups is 2. The number of hydrogen-bond donors (Lipinski definition) is 2. The fraction of sp³-hybridized carbons (Fsp3) is 0.190. The maximum Gasteiger partial charge on any atom is 0.387 e. The molecule has 4 rings (SSSR count). The Balaban J connectivity index is 2.07. The summed E-state index contributed by atoms with van der Waals surface area (Å²) in [5.74, 6) is 0.454. The van der Waals surface area contributed by atoms with Gasteiger partial charge in [0.05, 0.1) is 16.6 Å². The Hall–Kier alpha value is -3.03. The van der Waals surface area contributed by atoms with Gasteiger partial charge >= 0.3 is 6.61 Å². The Bertz CT molecular complexity index is 1180. The summed E-state index contributed by atoms with van der Waals surface area (Å²) < 4.78 is 36.0. The number of halogens is 2. The summed E-state index contributed by atoms with van der Waals surface area (Å²) in [5, 5.41) is 20.8. The molecule has 0 bridgehead atoms. The molecular formula is C21H17F2NO4. The second-order valence-electron chi connectivity index (χ2n) is 6.48. The maximum absolute atomic E-state index is 12.8. The first kappa shape index (κ1) is 18.3. The molecule has 7 heteroatoms. The van der Waals surface area contributed by atoms with Crippen LogP contribution in [0.4, 0.5) is 8.78 Å². The van der Waals surface area contributed by atoms with Gasteiger partial charge < -0.3 is 19.4 Å². The van der Waals surface area contributed by atoms with Crippen LogP contribution in [0, 0.1) is 13.8 Å². The van der Waals surface area contributed by atoms with E-state index in [9.17, 15) is 19.0 Å². The van der Waals surface area contributed by atoms with Gasteiger partial charge in [-0.15, -0.1) is 0 Å². The van der Waals surface area contributed by atoms with Gasteiger partial charge in [-0.3, -0.25) is 0 Å². The van der Waals surface area contributed by atoms with Crippen LogP contribution < -0.4 is 4.74 Å². The number of nitrogens with zero attached hydrogens (tertiary/aromatic N) is 1. The Labute approximate surface area is 158 Å². The third kappa shape index (κ3) is 2.98. The van der Waals surface area contributed by atoms with Gasteiger partial charge in [-0.2, -0.15) is 8.78 Å². The van der Waals surface area contributed by atoms with E-state index in [-0.39, 0.29) is 16.7 Å². The van der Waals surface area contributed by atoms with Gasteiger partial charge in [-0.1, -0.05) is 24.3 Å². The van der Waals surface area contributed by atoms with Crippen LogP contribution in [0.25, 0.3) is 33.1 Å². The third-order valence-electron chi connectivity index (χ3n) is 4.68. The van der Waals surface area contributed by atoms with Crippen molar-refractivity contribution in [3.8, 4) is 17.0 Å². The van der Waals surface area contributed by atoms with Gasteiger partial charge in [0.1, 0.15) is 17.1 Å². The van der Waals surface area contributed by atoms with Gasteiger partial charge in [-0.25, -0.2) is 4.98 Å². The van der Waals surface area contributed by atoms with Crippen LogP contribution in [0.3, 0.4) is 0 Å². The van der Waals surface area contributed by atoms with Crippen molar-refractivity contribution in [1.29, 1.82) is 0 Å². The predicted octanol–water partition coefficient (Wildman–Crippen LogP) is 4.85. The summed E-state index contributed by atoms with van der Waals surface area (Å²) in [4.78, 5) is 4.63. The molecule has 0 saturated carbocycles. The van der Waals surface area contributed by atoms with Crippen LogP contribution in [0.2, 0.25) is 0 Å². The lowest BCUT2D eigenvalue weighted by atomic mass is 9.99. The minimum atomic E-state index is -3.05. The molecule has 2 heterocycles. The number of hydrogen-bond acceptors (Lipinski definition) is 5. The molecule has 4 aromatic rings. The van der Waals surface area contributed by atoms with Gasteiger partial charge in [-0.05, 0) is 37.6 Å². The third-order valence-corrected chi connectivity index (χ3v) is 4.68. The largest absolute Gasteiger partial charge is 0.461 e. The summed E-state index contributed by atoms with van der Waals surface area (Å²) in [6.07, 6.45) is -1.90. The van der Waals surface area contributed by atoms with Gasteiger partial charge in [0.2, 0.25) is 0 Å². The number of aryl methyl sites for hydroxylation is 2. The molecule has 0 spiro atoms. The van der Waals surface area contributed by atoms with Crippen molar-refractivity contribution in [2.75, 3.05) is 0 Å². The minimum Gasteiger partial charge on any atom is -0.461 e. The number of aromatic nitrogens is 1. The summed E-state index contributed by atoms with van der Waals surface area (Å²) in [6, 6.07) is 11.9. The van der Waals surface area contributed by atoms with E-state index in [0.29, 0.717) is 33.7 Å². The molecule has 144 valence electrons. The van der Waals surface area contributed by atoms with Gasteiger partial charge in [0, 0.05) is 16.5 Å². The molecule has 0 unspecified atom stereocenters. The summed E-state index contributed by atoms with van der Waals surface area (Å²) in [6.45, 7) is 0.507. The van der Waals surface area contributed by atoms with E-state index in [2.05, 4.69) is 9.72 Å². The smallest absolute Gasteiger partial charge is 0.387 e. The number of para-hydroxylation sites is 1. The fourth-order valence-corrected chi connectivity index (χ4v) is 3.48. The van der Waals surface area contributed by atoms with Crippen LogP contribution in [-0.4, -0.2) is 21.8 Å². The molecule has 0 aliphatic heterocycles. The molecule has 0 aliphatic rings. The van der Waals surface area contributed by atoms with E-state index in [1.165, 1.54) is 12.1 Å². The van der Waals surface area contributed by atoms with E-state index in [4.69, 9.17) is 4.42 Å². The number of furan rings is 1. The standard InChI is InChI=1S/C21H17F2NO4/c1-10-7-8-16(28-21(22)23)18-13(20(25)26)9-14(24-19(10)18)17-11(2)27-15-6-4-3-5-12(15)17/h3-9,20-21,25-26H,1-2H3. The van der Waals surface area contributed by atoms with Crippen LogP contribution >= 0.6 is 0 Å². The molecule has 0 aliphatic carbocycles. The highest BCUT2D eigenvalue weighted by Gasteiger charge is 2.22. The zero-order chi connectivity index (χ0) is 20.0. The van der Waals surface area contributed by atoms with E-state index in [1.807, 2.05) is 24.3 Å². The summed E-state index contributed by atoms with van der Waals surface area (Å²) in [7, 11) is 0. The highest BCUT2D eigenvalue weighted by atomic mass is 19.3. The number of fused-ring (bicyclic) bond motifs is 2. The molecule has 5 nitrogen and oxygen atoms in total. The molecule has 0 fully saturated rings. The van der Waals surface area contributed by atoms with Crippen molar-refractivity contribution in [3.05, 3.63) is 59.4 Å². The average molecular weight is 385 g/mol. The van der Waals surface area contributed by atoms with Gasteiger partial charge in [0.15, 0.2) is 6.29 Å². The topological polar surface area (TPSA) is 75.7 Å². The number of pyridine rings is 1. The van der Waals surface area contributed by atoms with E-state index in [0.717, 1.165) is 5.39 Å². The van der Waals surface area contributed by atoms with Crippen LogP contribution in [-0.2, 0) is 0 Å². The highest BCUT2D eigenvalue weighted by Crippen LogP contribution is 2.39. The van der Waals surface area contributed by atoms with Crippen molar-refractivity contribution < 1.29 is 28.1 Å². The first-order chi connectivity index (χ1) is 13.4. The van der Waals surface area contributed by atoms with Crippen LogP contribution in [0.5, 0.6) is 5.75 Å². The van der Waals surface area contributed by atoms with E-state index in [1.54, 1.807) is 19.9 Å². The Morgan fingerprint density at radius 3 is 2.54 bits per heavy atom. The molecule has 2 N–H and O–H groups in total. The Morgan fingerprint density at radius 2 is 1.82 bits per heavy atom. The SMILES string of the molecule is Cc1oc2ccccc2c1-c1cc(C(O)O)c2c(OC(F)F)ccc(C)c2n1. The minimum absolute atomic E-state index is 0.0315. The lowest BCUT2D eigenvalue weighted by Crippen LogP contribution is -2.06. The number of alkyl halides is 2. The number of ether oxygens (including phenoxy) is 1. The van der Waals surface area contributed by atoms with Gasteiger partial charge in [0.25, 0.3) is 0 Å². The second kappa shape index (κ2) is 6.85. The first-order valence-corrected chi connectivity index (χ1v) is 8.60. The predicted molar refractivity (Wildman–Crippen MR) is 100 cm³/mol. The Kier molecular flexibility index (Phi) is 4.49. The first-order valence-electron chi connectivity index (χ1n) is 8.60. The monoisotopic (exact) mass is 385 g/mol. The lowest BCUT2D eigenvalue weighted by Gasteiger charge is -2.16. The molecule has 28 heavy (non-hydrogen) atoms. The molecule has 0 saturated heterocycles. The molecular weight excluding hydrogens is 368 g/mol. The average Bonchev–Trinajstić information content (AvgIpc) is 2.98. The van der Waals surface area contributed by atoms with Crippen molar-refractivity contribution in [1.82, 2.24) is 4.98 Å². The zero-order valence-electron chi connectivity index (χ0n) is 15.1. The van der Waals surface area contributed by atoms with Crippen molar-refractivity contribution in [2.45, 2.75) is 26.7 Å². The molecule has 0 radical (unpaired) electrons. The Morgan fingerprint density at radius 1 is 1.07 bits per heavy atom. The van der Waals surface area contributed by atoms with E-state index < -0.39 is 12.9 Å². The van der Waals surface area contributed by atoms with E-state index >= 15 is 0 Å². The lowest BCUT2D eigenvalue weighted by molar-refractivity contribution is -0.0509. The number of rotatable bonds is 4. The number of benzene rings is 2. The zero-order valence-corrected chi connectivity index (χ0v) is 15.1. The quantitative estimate of drug-likeness (QED) is 0.491. The van der Waals surface area contributed by atoms with Crippen molar-refractivity contribution in [2.24, 2.45) is 0 Å². The molecule has 0 atom stereocenters. The van der Waals surface area contributed by atoms with Crippen LogP contribution in [0.1, 0.15) is 23.2 Å². The summed E-state index contributed by atoms with van der Waals surface area (Å²) >= 11 is 0. The molecule has 2 aromatic carbocycles. The molecule has 0 amide bonds. The van der Waals surface area contributed by atoms with Crippen LogP contribution in [0.15, 0.2) is 46.9 Å².